The summed E-state index contributed by atoms with van der Waals surface area (Å²) in [5.41, 5.74) is 2.77. The third-order valence-corrected chi connectivity index (χ3v) is 4.02. The number of hydrogen-bond donors (Lipinski definition) is 1. The predicted octanol–water partition coefficient (Wildman–Crippen LogP) is 4.46. The van der Waals surface area contributed by atoms with Crippen molar-refractivity contribution in [1.82, 2.24) is 0 Å². The SMILES string of the molecule is CCOC(=O)C1=C(O)C(=Cc2cccc(OCc3ccccc3)c2)N=C1C. The molecule has 1 aliphatic rings. The van der Waals surface area contributed by atoms with Crippen molar-refractivity contribution in [3.05, 3.63) is 82.8 Å². The number of ether oxygens (including phenoxy) is 2. The zero-order valence-electron chi connectivity index (χ0n) is 15.3. The number of esters is 1. The molecule has 0 amide bonds. The van der Waals surface area contributed by atoms with Crippen LogP contribution in [-0.2, 0) is 16.1 Å². The van der Waals surface area contributed by atoms with Crippen LogP contribution in [0.2, 0.25) is 0 Å². The maximum atomic E-state index is 12.0. The Morgan fingerprint density at radius 1 is 1.15 bits per heavy atom. The Labute approximate surface area is 158 Å². The summed E-state index contributed by atoms with van der Waals surface area (Å²) in [6.07, 6.45) is 1.71. The molecule has 1 heterocycles. The normalized spacial score (nSPS) is 15.0. The van der Waals surface area contributed by atoms with E-state index in [0.29, 0.717) is 23.8 Å². The number of rotatable bonds is 6. The number of hydrogen-bond acceptors (Lipinski definition) is 5. The van der Waals surface area contributed by atoms with E-state index in [1.807, 2.05) is 54.6 Å². The van der Waals surface area contributed by atoms with Gasteiger partial charge < -0.3 is 14.6 Å². The number of carbonyl (C=O) groups excluding carboxylic acids is 1. The molecule has 2 aromatic rings. The highest BCUT2D eigenvalue weighted by Crippen LogP contribution is 2.27. The maximum Gasteiger partial charge on any atom is 0.343 e. The van der Waals surface area contributed by atoms with E-state index in [2.05, 4.69) is 4.99 Å². The largest absolute Gasteiger partial charge is 0.505 e. The van der Waals surface area contributed by atoms with Crippen LogP contribution >= 0.6 is 0 Å². The van der Waals surface area contributed by atoms with Crippen molar-refractivity contribution in [2.75, 3.05) is 6.61 Å². The van der Waals surface area contributed by atoms with E-state index in [1.165, 1.54) is 0 Å². The van der Waals surface area contributed by atoms with Crippen molar-refractivity contribution in [2.45, 2.75) is 20.5 Å². The van der Waals surface area contributed by atoms with Gasteiger partial charge in [-0.15, -0.1) is 0 Å². The minimum atomic E-state index is -0.570. The van der Waals surface area contributed by atoms with Crippen LogP contribution in [0.1, 0.15) is 25.0 Å². The van der Waals surface area contributed by atoms with Gasteiger partial charge in [0.25, 0.3) is 0 Å². The average Bonchev–Trinajstić information content (AvgIpc) is 2.95. The van der Waals surface area contributed by atoms with Crippen LogP contribution in [0.5, 0.6) is 5.75 Å². The quantitative estimate of drug-likeness (QED) is 0.770. The second-order valence-electron chi connectivity index (χ2n) is 6.02. The molecule has 5 heteroatoms. The Morgan fingerprint density at radius 2 is 1.93 bits per heavy atom. The van der Waals surface area contributed by atoms with Gasteiger partial charge in [-0.2, -0.15) is 0 Å². The van der Waals surface area contributed by atoms with E-state index >= 15 is 0 Å². The third-order valence-electron chi connectivity index (χ3n) is 4.02. The molecule has 0 aliphatic carbocycles. The molecule has 2 aromatic carbocycles. The number of nitrogens with zero attached hydrogens (tertiary/aromatic N) is 1. The second-order valence-corrected chi connectivity index (χ2v) is 6.02. The summed E-state index contributed by atoms with van der Waals surface area (Å²) < 4.78 is 10.8. The average molecular weight is 363 g/mol. The van der Waals surface area contributed by atoms with Gasteiger partial charge in [-0.1, -0.05) is 42.5 Å². The summed E-state index contributed by atoms with van der Waals surface area (Å²) in [5.74, 6) is -0.0258. The summed E-state index contributed by atoms with van der Waals surface area (Å²) >= 11 is 0. The Bertz CT molecular complexity index is 926. The fourth-order valence-corrected chi connectivity index (χ4v) is 2.73. The Kier molecular flexibility index (Phi) is 5.71. The minimum Gasteiger partial charge on any atom is -0.505 e. The van der Waals surface area contributed by atoms with Crippen LogP contribution in [0.15, 0.2) is 76.6 Å². The topological polar surface area (TPSA) is 68.1 Å². The zero-order chi connectivity index (χ0) is 19.2. The van der Waals surface area contributed by atoms with Crippen LogP contribution < -0.4 is 4.74 Å². The molecular formula is C22H21NO4. The molecule has 0 unspecified atom stereocenters. The minimum absolute atomic E-state index is 0.111. The van der Waals surface area contributed by atoms with E-state index in [9.17, 15) is 9.90 Å². The summed E-state index contributed by atoms with van der Waals surface area (Å²) in [6, 6.07) is 17.4. The molecule has 0 aromatic heterocycles. The van der Waals surface area contributed by atoms with Gasteiger partial charge in [-0.25, -0.2) is 9.79 Å². The van der Waals surface area contributed by atoms with E-state index in [1.54, 1.807) is 19.9 Å². The molecule has 1 aliphatic heterocycles. The lowest BCUT2D eigenvalue weighted by Crippen LogP contribution is -2.13. The molecule has 0 radical (unpaired) electrons. The fourth-order valence-electron chi connectivity index (χ4n) is 2.73. The van der Waals surface area contributed by atoms with E-state index < -0.39 is 5.97 Å². The standard InChI is InChI=1S/C22H21NO4/c1-3-26-22(25)20-15(2)23-19(21(20)24)13-17-10-7-11-18(12-17)27-14-16-8-5-4-6-9-16/h4-13,24H,3,14H2,1-2H3. The third kappa shape index (κ3) is 4.44. The highest BCUT2D eigenvalue weighted by atomic mass is 16.5. The molecule has 3 rings (SSSR count). The number of carbonyl (C=O) groups is 1. The lowest BCUT2D eigenvalue weighted by molar-refractivity contribution is -0.138. The first kappa shape index (κ1) is 18.5. The summed E-state index contributed by atoms with van der Waals surface area (Å²) in [7, 11) is 0. The molecule has 0 spiro atoms. The van der Waals surface area contributed by atoms with Crippen molar-refractivity contribution in [2.24, 2.45) is 4.99 Å². The molecule has 0 saturated carbocycles. The predicted molar refractivity (Wildman–Crippen MR) is 105 cm³/mol. The van der Waals surface area contributed by atoms with E-state index in [0.717, 1.165) is 11.1 Å². The zero-order valence-corrected chi connectivity index (χ0v) is 15.3. The first-order valence-corrected chi connectivity index (χ1v) is 8.73. The smallest absolute Gasteiger partial charge is 0.343 e. The molecule has 138 valence electrons. The number of aliphatic hydroxyl groups is 1. The molecule has 0 fully saturated rings. The number of aliphatic imine (C=N–C) groups is 1. The van der Waals surface area contributed by atoms with E-state index in [4.69, 9.17) is 9.47 Å². The van der Waals surface area contributed by atoms with E-state index in [-0.39, 0.29) is 17.9 Å². The lowest BCUT2D eigenvalue weighted by Gasteiger charge is -2.07. The summed E-state index contributed by atoms with van der Waals surface area (Å²) in [4.78, 5) is 16.3. The van der Waals surface area contributed by atoms with Crippen molar-refractivity contribution in [1.29, 1.82) is 0 Å². The first-order chi connectivity index (χ1) is 13.1. The van der Waals surface area contributed by atoms with Crippen LogP contribution in [0, 0.1) is 0 Å². The van der Waals surface area contributed by atoms with Crippen LogP contribution in [0.4, 0.5) is 0 Å². The number of aliphatic hydroxyl groups excluding tert-OH is 1. The van der Waals surface area contributed by atoms with Gasteiger partial charge >= 0.3 is 5.97 Å². The fraction of sp³-hybridized carbons (Fsp3) is 0.182. The Balaban J connectivity index is 1.78. The Hall–Kier alpha value is -3.34. The molecule has 1 N–H and O–H groups in total. The van der Waals surface area contributed by atoms with Gasteiger partial charge in [-0.3, -0.25) is 0 Å². The lowest BCUT2D eigenvalue weighted by atomic mass is 10.1. The summed E-state index contributed by atoms with van der Waals surface area (Å²) in [5, 5.41) is 10.4. The maximum absolute atomic E-state index is 12.0. The van der Waals surface area contributed by atoms with Gasteiger partial charge in [-0.05, 0) is 43.2 Å². The van der Waals surface area contributed by atoms with Crippen molar-refractivity contribution >= 4 is 17.8 Å². The molecule has 5 nitrogen and oxygen atoms in total. The van der Waals surface area contributed by atoms with Crippen LogP contribution in [-0.4, -0.2) is 23.4 Å². The molecule has 0 saturated heterocycles. The molecule has 27 heavy (non-hydrogen) atoms. The monoisotopic (exact) mass is 363 g/mol. The second kappa shape index (κ2) is 8.36. The van der Waals surface area contributed by atoms with Crippen LogP contribution in [0.25, 0.3) is 6.08 Å². The van der Waals surface area contributed by atoms with Crippen molar-refractivity contribution in [3.8, 4) is 5.75 Å². The van der Waals surface area contributed by atoms with Gasteiger partial charge in [0.2, 0.25) is 0 Å². The van der Waals surface area contributed by atoms with Gasteiger partial charge in [0.1, 0.15) is 23.6 Å². The van der Waals surface area contributed by atoms with Gasteiger partial charge in [0.15, 0.2) is 5.76 Å². The summed E-state index contributed by atoms with van der Waals surface area (Å²) in [6.45, 7) is 4.09. The Morgan fingerprint density at radius 3 is 2.67 bits per heavy atom. The first-order valence-electron chi connectivity index (χ1n) is 8.73. The van der Waals surface area contributed by atoms with Gasteiger partial charge in [0.05, 0.1) is 12.3 Å². The highest BCUT2D eigenvalue weighted by molar-refractivity contribution is 6.22. The van der Waals surface area contributed by atoms with Crippen LogP contribution in [0.3, 0.4) is 0 Å². The van der Waals surface area contributed by atoms with Crippen molar-refractivity contribution in [3.63, 3.8) is 0 Å². The highest BCUT2D eigenvalue weighted by Gasteiger charge is 2.27. The van der Waals surface area contributed by atoms with Gasteiger partial charge in [0, 0.05) is 0 Å². The molecular weight excluding hydrogens is 342 g/mol. The molecule has 0 bridgehead atoms. The van der Waals surface area contributed by atoms with Crippen molar-refractivity contribution < 1.29 is 19.4 Å². The molecule has 0 atom stereocenters. The number of benzene rings is 2.